The molecular formula is C24H19FN6O2S. The van der Waals surface area contributed by atoms with E-state index in [1.54, 1.807) is 30.8 Å². The van der Waals surface area contributed by atoms with Crippen LogP contribution in [-0.4, -0.2) is 30.0 Å². The maximum absolute atomic E-state index is 13.9. The molecule has 0 unspecified atom stereocenters. The van der Waals surface area contributed by atoms with Crippen LogP contribution < -0.4 is 10.9 Å². The van der Waals surface area contributed by atoms with Crippen molar-refractivity contribution in [2.75, 3.05) is 5.32 Å². The minimum atomic E-state index is -0.640. The van der Waals surface area contributed by atoms with E-state index in [2.05, 4.69) is 15.4 Å². The summed E-state index contributed by atoms with van der Waals surface area (Å²) in [7, 11) is 1.74. The normalized spacial score (nSPS) is 11.0. The Kier molecular flexibility index (Phi) is 5.42. The third kappa shape index (κ3) is 3.73. The highest BCUT2D eigenvalue weighted by atomic mass is 32.1. The number of aromatic nitrogens is 5. The van der Waals surface area contributed by atoms with Gasteiger partial charge in [-0.15, -0.1) is 16.4 Å². The first kappa shape index (κ1) is 21.5. The van der Waals surface area contributed by atoms with E-state index in [1.165, 1.54) is 32.8 Å². The number of nitrogens with zero attached hydrogens (tertiary/aromatic N) is 5. The molecule has 1 N–H and O–H groups in total. The molecule has 3 heterocycles. The number of benzene rings is 2. The van der Waals surface area contributed by atoms with E-state index in [1.807, 2.05) is 47.8 Å². The third-order valence-electron chi connectivity index (χ3n) is 5.40. The second-order valence-corrected chi connectivity index (χ2v) is 8.47. The van der Waals surface area contributed by atoms with Crippen molar-refractivity contribution >= 4 is 22.9 Å². The Balaban J connectivity index is 1.55. The number of carbonyl (C=O) groups is 1. The quantitative estimate of drug-likeness (QED) is 0.414. The Bertz CT molecular complexity index is 1550. The maximum atomic E-state index is 13.9. The second kappa shape index (κ2) is 8.56. The SMILES string of the molecule is Cc1c(NC(=O)c2nc(-c3cccs3)n(-c3cccc(F)c3)n2)c(=O)n(-c2ccccc2)n1C. The van der Waals surface area contributed by atoms with E-state index < -0.39 is 11.7 Å². The van der Waals surface area contributed by atoms with Gasteiger partial charge in [0.2, 0.25) is 5.82 Å². The Morgan fingerprint density at radius 3 is 2.50 bits per heavy atom. The van der Waals surface area contributed by atoms with Gasteiger partial charge in [-0.2, -0.15) is 0 Å². The summed E-state index contributed by atoms with van der Waals surface area (Å²) < 4.78 is 18.4. The Labute approximate surface area is 197 Å². The Morgan fingerprint density at radius 2 is 1.79 bits per heavy atom. The van der Waals surface area contributed by atoms with Gasteiger partial charge >= 0.3 is 0 Å². The van der Waals surface area contributed by atoms with Crippen LogP contribution in [0, 0.1) is 12.7 Å². The van der Waals surface area contributed by atoms with E-state index in [9.17, 15) is 14.0 Å². The molecule has 10 heteroatoms. The first-order chi connectivity index (χ1) is 16.4. The van der Waals surface area contributed by atoms with E-state index in [0.717, 1.165) is 4.88 Å². The lowest BCUT2D eigenvalue weighted by atomic mass is 10.3. The maximum Gasteiger partial charge on any atom is 0.295 e. The molecule has 5 aromatic rings. The van der Waals surface area contributed by atoms with Gasteiger partial charge in [-0.3, -0.25) is 14.3 Å². The molecule has 3 aromatic heterocycles. The largest absolute Gasteiger partial charge is 0.313 e. The number of anilines is 1. The van der Waals surface area contributed by atoms with Crippen LogP contribution in [0.3, 0.4) is 0 Å². The van der Waals surface area contributed by atoms with Crippen LogP contribution in [0.5, 0.6) is 0 Å². The molecule has 0 spiro atoms. The molecule has 34 heavy (non-hydrogen) atoms. The summed E-state index contributed by atoms with van der Waals surface area (Å²) >= 11 is 1.42. The van der Waals surface area contributed by atoms with Gasteiger partial charge in [0.15, 0.2) is 5.82 Å². The van der Waals surface area contributed by atoms with Crippen molar-refractivity contribution in [2.24, 2.45) is 7.05 Å². The molecule has 0 aliphatic rings. The summed E-state index contributed by atoms with van der Waals surface area (Å²) in [5.74, 6) is -0.810. The molecule has 0 aliphatic carbocycles. The van der Waals surface area contributed by atoms with Gasteiger partial charge in [0, 0.05) is 7.05 Å². The fourth-order valence-electron chi connectivity index (χ4n) is 3.64. The summed E-state index contributed by atoms with van der Waals surface area (Å²) in [4.78, 5) is 31.4. The van der Waals surface area contributed by atoms with Gasteiger partial charge in [0.25, 0.3) is 11.5 Å². The molecule has 5 rings (SSSR count). The summed E-state index contributed by atoms with van der Waals surface area (Å²) in [5.41, 5.74) is 1.44. The van der Waals surface area contributed by atoms with Crippen LogP contribution in [-0.2, 0) is 7.05 Å². The molecule has 0 fully saturated rings. The van der Waals surface area contributed by atoms with E-state index >= 15 is 0 Å². The number of hydrogen-bond donors (Lipinski definition) is 1. The monoisotopic (exact) mass is 474 g/mol. The summed E-state index contributed by atoms with van der Waals surface area (Å²) in [5, 5.41) is 8.88. The van der Waals surface area contributed by atoms with Crippen molar-refractivity contribution in [1.29, 1.82) is 0 Å². The predicted molar refractivity (Wildman–Crippen MR) is 128 cm³/mol. The minimum absolute atomic E-state index is 0.135. The molecule has 0 bridgehead atoms. The van der Waals surface area contributed by atoms with Gasteiger partial charge in [-0.05, 0) is 48.7 Å². The molecule has 0 radical (unpaired) electrons. The molecule has 8 nitrogen and oxygen atoms in total. The molecule has 0 aliphatic heterocycles. The first-order valence-corrected chi connectivity index (χ1v) is 11.2. The molecule has 0 saturated carbocycles. The van der Waals surface area contributed by atoms with E-state index in [-0.39, 0.29) is 17.1 Å². The Hall–Kier alpha value is -4.31. The van der Waals surface area contributed by atoms with Crippen LogP contribution in [0.25, 0.3) is 22.1 Å². The number of nitrogens with one attached hydrogen (secondary N) is 1. The highest BCUT2D eigenvalue weighted by Gasteiger charge is 2.23. The highest BCUT2D eigenvalue weighted by Crippen LogP contribution is 2.26. The van der Waals surface area contributed by atoms with E-state index in [4.69, 9.17) is 0 Å². The van der Waals surface area contributed by atoms with Crippen LogP contribution in [0.4, 0.5) is 10.1 Å². The van der Waals surface area contributed by atoms with Crippen LogP contribution >= 0.6 is 11.3 Å². The smallest absolute Gasteiger partial charge is 0.295 e. The lowest BCUT2D eigenvalue weighted by Gasteiger charge is -2.07. The molecular weight excluding hydrogens is 455 g/mol. The Morgan fingerprint density at radius 1 is 1.03 bits per heavy atom. The van der Waals surface area contributed by atoms with Crippen molar-refractivity contribution in [1.82, 2.24) is 24.1 Å². The van der Waals surface area contributed by atoms with Gasteiger partial charge in [0.05, 0.1) is 21.9 Å². The zero-order valence-electron chi connectivity index (χ0n) is 18.3. The van der Waals surface area contributed by atoms with Crippen molar-refractivity contribution in [3.8, 4) is 22.1 Å². The summed E-state index contributed by atoms with van der Waals surface area (Å²) in [6, 6.07) is 18.7. The molecule has 1 amide bonds. The average molecular weight is 475 g/mol. The van der Waals surface area contributed by atoms with Crippen molar-refractivity contribution in [3.63, 3.8) is 0 Å². The number of thiophene rings is 1. The molecule has 170 valence electrons. The number of carbonyl (C=O) groups excluding carboxylic acids is 1. The average Bonchev–Trinajstić information content (AvgIpc) is 3.56. The summed E-state index contributed by atoms with van der Waals surface area (Å²) in [6.45, 7) is 1.74. The zero-order chi connectivity index (χ0) is 23.8. The van der Waals surface area contributed by atoms with Crippen LogP contribution in [0.15, 0.2) is 76.9 Å². The van der Waals surface area contributed by atoms with Crippen molar-refractivity contribution in [3.05, 3.63) is 99.8 Å². The van der Waals surface area contributed by atoms with Crippen LogP contribution in [0.2, 0.25) is 0 Å². The lowest BCUT2D eigenvalue weighted by Crippen LogP contribution is -2.23. The number of rotatable bonds is 5. The third-order valence-corrected chi connectivity index (χ3v) is 6.26. The topological polar surface area (TPSA) is 86.7 Å². The van der Waals surface area contributed by atoms with Crippen molar-refractivity contribution in [2.45, 2.75) is 6.92 Å². The van der Waals surface area contributed by atoms with Crippen molar-refractivity contribution < 1.29 is 9.18 Å². The van der Waals surface area contributed by atoms with Crippen LogP contribution in [0.1, 0.15) is 16.3 Å². The van der Waals surface area contributed by atoms with Gasteiger partial charge in [-0.25, -0.2) is 18.7 Å². The molecule has 0 atom stereocenters. The fraction of sp³-hybridized carbons (Fsp3) is 0.0833. The number of amides is 1. The van der Waals surface area contributed by atoms with Gasteiger partial charge < -0.3 is 5.32 Å². The lowest BCUT2D eigenvalue weighted by molar-refractivity contribution is 0.101. The summed E-state index contributed by atoms with van der Waals surface area (Å²) in [6.07, 6.45) is 0. The van der Waals surface area contributed by atoms with Gasteiger partial charge in [-0.1, -0.05) is 30.3 Å². The minimum Gasteiger partial charge on any atom is -0.313 e. The first-order valence-electron chi connectivity index (χ1n) is 10.4. The number of para-hydroxylation sites is 1. The zero-order valence-corrected chi connectivity index (χ0v) is 19.1. The van der Waals surface area contributed by atoms with Gasteiger partial charge in [0.1, 0.15) is 11.5 Å². The second-order valence-electron chi connectivity index (χ2n) is 7.52. The molecule has 2 aromatic carbocycles. The predicted octanol–water partition coefficient (Wildman–Crippen LogP) is 4.19. The standard InChI is InChI=1S/C24H19FN6O2S/c1-15-20(24(33)31(29(15)2)17-9-4-3-5-10-17)26-23(32)21-27-22(19-12-7-13-34-19)30(28-21)18-11-6-8-16(25)14-18/h3-14H,1-2H3,(H,26,32). The highest BCUT2D eigenvalue weighted by molar-refractivity contribution is 7.13. The number of hydrogen-bond acceptors (Lipinski definition) is 5. The number of halogens is 1. The molecule has 0 saturated heterocycles. The van der Waals surface area contributed by atoms with E-state index in [0.29, 0.717) is 22.9 Å². The fourth-order valence-corrected chi connectivity index (χ4v) is 4.34.